The van der Waals surface area contributed by atoms with Gasteiger partial charge in [0.2, 0.25) is 0 Å². The van der Waals surface area contributed by atoms with E-state index in [0.29, 0.717) is 34.0 Å². The van der Waals surface area contributed by atoms with Gasteiger partial charge < -0.3 is 15.8 Å². The van der Waals surface area contributed by atoms with E-state index in [1.807, 2.05) is 13.0 Å². The van der Waals surface area contributed by atoms with Crippen LogP contribution in [0.25, 0.3) is 0 Å². The number of anilines is 2. The van der Waals surface area contributed by atoms with E-state index in [4.69, 9.17) is 22.1 Å². The number of sulfone groups is 1. The zero-order chi connectivity index (χ0) is 22.2. The lowest BCUT2D eigenvalue weighted by Gasteiger charge is -2.17. The van der Waals surface area contributed by atoms with E-state index in [9.17, 15) is 13.2 Å². The van der Waals surface area contributed by atoms with Crippen molar-refractivity contribution < 1.29 is 17.9 Å². The average Bonchev–Trinajstić information content (AvgIpc) is 3.05. The third kappa shape index (κ3) is 4.35. The zero-order valence-electron chi connectivity index (χ0n) is 16.6. The predicted molar refractivity (Wildman–Crippen MR) is 119 cm³/mol. The third-order valence-corrected chi connectivity index (χ3v) is 7.10. The Hall–Kier alpha value is -3.10. The van der Waals surface area contributed by atoms with Gasteiger partial charge in [-0.2, -0.15) is 0 Å². The second-order valence-electron chi connectivity index (χ2n) is 7.23. The summed E-state index contributed by atoms with van der Waals surface area (Å²) >= 11 is 5.96. The van der Waals surface area contributed by atoms with Crippen molar-refractivity contribution in [1.82, 2.24) is 4.98 Å². The number of carbonyl (C=O) groups excluding carboxylic acids is 1. The van der Waals surface area contributed by atoms with E-state index in [0.717, 1.165) is 5.56 Å². The number of ether oxygens (including phenoxy) is 1. The lowest BCUT2D eigenvalue weighted by molar-refractivity contribution is 0.102. The highest BCUT2D eigenvalue weighted by Crippen LogP contribution is 2.31. The fraction of sp³-hybridized carbons (Fsp3) is 0.182. The van der Waals surface area contributed by atoms with Gasteiger partial charge in [0.05, 0.1) is 15.7 Å². The molecule has 1 unspecified atom stereocenters. The van der Waals surface area contributed by atoms with Crippen molar-refractivity contribution in [2.45, 2.75) is 24.3 Å². The van der Waals surface area contributed by atoms with E-state index < -0.39 is 9.84 Å². The summed E-state index contributed by atoms with van der Waals surface area (Å²) < 4.78 is 30.2. The summed E-state index contributed by atoms with van der Waals surface area (Å²) in [7, 11) is -3.31. The van der Waals surface area contributed by atoms with Gasteiger partial charge in [-0.1, -0.05) is 29.8 Å². The van der Waals surface area contributed by atoms with E-state index in [2.05, 4.69) is 10.3 Å². The van der Waals surface area contributed by atoms with Crippen LogP contribution in [0.3, 0.4) is 0 Å². The number of halogens is 1. The summed E-state index contributed by atoms with van der Waals surface area (Å²) in [6.45, 7) is 1.84. The molecule has 1 amide bonds. The summed E-state index contributed by atoms with van der Waals surface area (Å²) in [4.78, 5) is 17.1. The Balaban J connectivity index is 1.54. The van der Waals surface area contributed by atoms with Gasteiger partial charge in [0.25, 0.3) is 5.91 Å². The largest absolute Gasteiger partial charge is 0.482 e. The second-order valence-corrected chi connectivity index (χ2v) is 9.74. The number of nitrogens with zero attached hydrogens (tertiary/aromatic N) is 1. The Morgan fingerprint density at radius 2 is 2.00 bits per heavy atom. The first-order chi connectivity index (χ1) is 14.7. The molecule has 1 aliphatic heterocycles. The number of pyridine rings is 1. The van der Waals surface area contributed by atoms with Crippen LogP contribution < -0.4 is 15.8 Å². The van der Waals surface area contributed by atoms with Gasteiger partial charge in [-0.05, 0) is 48.7 Å². The van der Waals surface area contributed by atoms with Crippen LogP contribution in [0.15, 0.2) is 59.6 Å². The van der Waals surface area contributed by atoms with Crippen molar-refractivity contribution in [3.63, 3.8) is 0 Å². The van der Waals surface area contributed by atoms with Crippen LogP contribution in [-0.4, -0.2) is 25.1 Å². The Bertz CT molecular complexity index is 1280. The summed E-state index contributed by atoms with van der Waals surface area (Å²) in [6.07, 6.45) is 1.39. The topological polar surface area (TPSA) is 111 Å². The Labute approximate surface area is 185 Å². The van der Waals surface area contributed by atoms with Crippen molar-refractivity contribution in [2.75, 3.05) is 16.8 Å². The van der Waals surface area contributed by atoms with Crippen LogP contribution in [0.5, 0.6) is 5.75 Å². The van der Waals surface area contributed by atoms with Crippen molar-refractivity contribution >= 4 is 38.9 Å². The summed E-state index contributed by atoms with van der Waals surface area (Å²) in [6, 6.07) is 13.6. The molecule has 160 valence electrons. The molecule has 9 heteroatoms. The number of fused-ring (bicyclic) bond motifs is 1. The molecule has 0 bridgehead atoms. The first-order valence-electron chi connectivity index (χ1n) is 9.58. The molecular weight excluding hydrogens is 438 g/mol. The monoisotopic (exact) mass is 457 g/mol. The number of amides is 1. The molecule has 4 rings (SSSR count). The van der Waals surface area contributed by atoms with Crippen LogP contribution in [-0.2, 0) is 16.3 Å². The minimum absolute atomic E-state index is 0.0262. The van der Waals surface area contributed by atoms with Gasteiger partial charge in [-0.25, -0.2) is 13.4 Å². The predicted octanol–water partition coefficient (Wildman–Crippen LogP) is 4.04. The lowest BCUT2D eigenvalue weighted by atomic mass is 10.0. The van der Waals surface area contributed by atoms with Gasteiger partial charge in [0.1, 0.15) is 6.10 Å². The smallest absolute Gasteiger partial charge is 0.255 e. The molecule has 3 N–H and O–H groups in total. The number of nitrogens with two attached hydrogens (primary N) is 1. The SMILES string of the molecule is CC(Oc1cc(Cl)cnc1N)c1cccc(NC(=O)c2cccc3c2CCS3(=O)=O)c1. The zero-order valence-corrected chi connectivity index (χ0v) is 18.2. The van der Waals surface area contributed by atoms with Gasteiger partial charge >= 0.3 is 0 Å². The molecule has 7 nitrogen and oxygen atoms in total. The fourth-order valence-electron chi connectivity index (χ4n) is 3.53. The number of rotatable bonds is 5. The Morgan fingerprint density at radius 1 is 1.23 bits per heavy atom. The van der Waals surface area contributed by atoms with Crippen molar-refractivity contribution in [3.8, 4) is 5.75 Å². The molecule has 0 spiro atoms. The molecule has 0 saturated heterocycles. The maximum atomic E-state index is 12.9. The lowest BCUT2D eigenvalue weighted by Crippen LogP contribution is -2.15. The Kier molecular flexibility index (Phi) is 5.60. The molecule has 1 aliphatic rings. The quantitative estimate of drug-likeness (QED) is 0.598. The molecule has 0 fully saturated rings. The van der Waals surface area contributed by atoms with Crippen LogP contribution in [0, 0.1) is 0 Å². The molecule has 0 saturated carbocycles. The normalized spacial score (nSPS) is 15.2. The summed E-state index contributed by atoms with van der Waals surface area (Å²) in [5, 5.41) is 3.26. The highest BCUT2D eigenvalue weighted by molar-refractivity contribution is 7.91. The second kappa shape index (κ2) is 8.20. The molecule has 3 aromatic rings. The molecule has 0 radical (unpaired) electrons. The first-order valence-corrected chi connectivity index (χ1v) is 11.6. The van der Waals surface area contributed by atoms with Crippen molar-refractivity contribution in [1.29, 1.82) is 0 Å². The van der Waals surface area contributed by atoms with E-state index in [-0.39, 0.29) is 28.5 Å². The number of nitrogen functional groups attached to an aromatic ring is 1. The van der Waals surface area contributed by atoms with Gasteiger partial charge in [0.15, 0.2) is 21.4 Å². The molecule has 2 aromatic carbocycles. The first kappa shape index (κ1) is 21.1. The van der Waals surface area contributed by atoms with E-state index in [1.165, 1.54) is 6.20 Å². The molecule has 2 heterocycles. The van der Waals surface area contributed by atoms with E-state index >= 15 is 0 Å². The molecule has 31 heavy (non-hydrogen) atoms. The van der Waals surface area contributed by atoms with Crippen molar-refractivity contribution in [2.24, 2.45) is 0 Å². The highest BCUT2D eigenvalue weighted by Gasteiger charge is 2.29. The Morgan fingerprint density at radius 3 is 2.81 bits per heavy atom. The van der Waals surface area contributed by atoms with Crippen LogP contribution in [0.4, 0.5) is 11.5 Å². The number of aromatic nitrogens is 1. The maximum absolute atomic E-state index is 12.9. The molecular formula is C22H20ClN3O4S. The summed E-state index contributed by atoms with van der Waals surface area (Å²) in [5.41, 5.74) is 8.15. The minimum Gasteiger partial charge on any atom is -0.482 e. The number of benzene rings is 2. The van der Waals surface area contributed by atoms with Gasteiger partial charge in [0, 0.05) is 23.5 Å². The fourth-order valence-corrected chi connectivity index (χ4v) is 5.24. The number of hydrogen-bond donors (Lipinski definition) is 2. The van der Waals surface area contributed by atoms with Crippen LogP contribution in [0.2, 0.25) is 5.02 Å². The molecule has 1 atom stereocenters. The van der Waals surface area contributed by atoms with Crippen LogP contribution >= 0.6 is 11.6 Å². The van der Waals surface area contributed by atoms with Crippen molar-refractivity contribution in [3.05, 3.63) is 76.4 Å². The van der Waals surface area contributed by atoms with Gasteiger partial charge in [-0.15, -0.1) is 0 Å². The molecule has 1 aromatic heterocycles. The number of carbonyl (C=O) groups is 1. The number of nitrogens with one attached hydrogen (secondary N) is 1. The molecule has 0 aliphatic carbocycles. The standard InChI is InChI=1S/C22H20ClN3O4S/c1-13(30-19-11-15(23)12-25-21(19)24)14-4-2-5-16(10-14)26-22(27)18-6-3-7-20-17(18)8-9-31(20,28)29/h2-7,10-13H,8-9H2,1H3,(H2,24,25)(H,26,27). The number of hydrogen-bond acceptors (Lipinski definition) is 6. The average molecular weight is 458 g/mol. The maximum Gasteiger partial charge on any atom is 0.255 e. The highest BCUT2D eigenvalue weighted by atomic mass is 35.5. The van der Waals surface area contributed by atoms with Crippen LogP contribution in [0.1, 0.15) is 34.5 Å². The van der Waals surface area contributed by atoms with Gasteiger partial charge in [-0.3, -0.25) is 4.79 Å². The van der Waals surface area contributed by atoms with E-state index in [1.54, 1.807) is 42.5 Å². The summed E-state index contributed by atoms with van der Waals surface area (Å²) in [5.74, 6) is 0.269. The third-order valence-electron chi connectivity index (χ3n) is 5.10. The minimum atomic E-state index is -3.31.